The van der Waals surface area contributed by atoms with E-state index in [4.69, 9.17) is 10.2 Å². The molecule has 2 rings (SSSR count). The topological polar surface area (TPSA) is 107 Å². The van der Waals surface area contributed by atoms with E-state index in [1.807, 2.05) is 0 Å². The Balaban J connectivity index is 2.26. The van der Waals surface area contributed by atoms with Crippen molar-refractivity contribution >= 4 is 35.3 Å². The highest BCUT2D eigenvalue weighted by molar-refractivity contribution is 8.00. The average molecular weight is 310 g/mol. The van der Waals surface area contributed by atoms with Crippen molar-refractivity contribution in [2.45, 2.75) is 16.7 Å². The quantitative estimate of drug-likeness (QED) is 0.731. The first-order valence-electron chi connectivity index (χ1n) is 6.20. The lowest BCUT2D eigenvalue weighted by Crippen LogP contribution is -2.39. The van der Waals surface area contributed by atoms with E-state index >= 15 is 0 Å². The molecular weight excluding hydrogens is 296 g/mol. The number of nitrogens with one attached hydrogen (secondary N) is 1. The molecule has 1 atom stereocenters. The van der Waals surface area contributed by atoms with Crippen LogP contribution in [0.4, 0.5) is 5.69 Å². The number of carbonyl (C=O) groups excluding carboxylic acids is 1. The molecule has 1 aromatic rings. The van der Waals surface area contributed by atoms with Gasteiger partial charge >= 0.3 is 11.9 Å². The third-order valence-corrected chi connectivity index (χ3v) is 4.08. The summed E-state index contributed by atoms with van der Waals surface area (Å²) >= 11 is 1.32. The van der Waals surface area contributed by atoms with E-state index in [0.29, 0.717) is 5.69 Å². The number of carbonyl (C=O) groups is 3. The molecule has 0 spiro atoms. The highest BCUT2D eigenvalue weighted by atomic mass is 32.2. The number of benzene rings is 1. The zero-order chi connectivity index (χ0) is 15.4. The lowest BCUT2D eigenvalue weighted by Gasteiger charge is -2.20. The number of hydrogen-bond donors (Lipinski definition) is 3. The second-order valence-electron chi connectivity index (χ2n) is 4.43. The maximum atomic E-state index is 12.2. The van der Waals surface area contributed by atoms with Gasteiger partial charge in [-0.3, -0.25) is 24.6 Å². The number of carboxylic acid groups (broad SMARTS) is 2. The van der Waals surface area contributed by atoms with Crippen LogP contribution in [0.1, 0.15) is 6.42 Å². The molecular formula is C13H14N2O5S. The zero-order valence-corrected chi connectivity index (χ0v) is 11.8. The van der Waals surface area contributed by atoms with E-state index < -0.39 is 23.9 Å². The number of thioether (sulfide) groups is 1. The molecule has 1 aliphatic rings. The second-order valence-corrected chi connectivity index (χ2v) is 5.67. The molecule has 0 aliphatic carbocycles. The summed E-state index contributed by atoms with van der Waals surface area (Å²) < 4.78 is 0. The lowest BCUT2D eigenvalue weighted by molar-refractivity contribution is -0.137. The largest absolute Gasteiger partial charge is 0.480 e. The SMILES string of the molecule is O=C(O)CN[C@H]1CC(=O)N(CC(=O)O)c2ccccc2S1. The summed E-state index contributed by atoms with van der Waals surface area (Å²) in [6.45, 7) is -0.673. The first kappa shape index (κ1) is 15.3. The van der Waals surface area contributed by atoms with Crippen LogP contribution in [0.15, 0.2) is 29.2 Å². The molecule has 0 saturated heterocycles. The number of aliphatic carboxylic acids is 2. The predicted molar refractivity (Wildman–Crippen MR) is 76.3 cm³/mol. The van der Waals surface area contributed by atoms with Gasteiger partial charge in [0.05, 0.1) is 24.0 Å². The van der Waals surface area contributed by atoms with Crippen LogP contribution in [0.2, 0.25) is 0 Å². The fourth-order valence-electron chi connectivity index (χ4n) is 2.00. The Kier molecular flexibility index (Phi) is 4.81. The van der Waals surface area contributed by atoms with Crippen molar-refractivity contribution in [3.63, 3.8) is 0 Å². The van der Waals surface area contributed by atoms with Crippen LogP contribution in [0.3, 0.4) is 0 Å². The molecule has 0 fully saturated rings. The molecule has 112 valence electrons. The van der Waals surface area contributed by atoms with Crippen molar-refractivity contribution in [2.24, 2.45) is 0 Å². The molecule has 0 saturated carbocycles. The summed E-state index contributed by atoms with van der Waals surface area (Å²) in [6, 6.07) is 6.98. The second kappa shape index (κ2) is 6.59. The number of rotatable bonds is 5. The highest BCUT2D eigenvalue weighted by Gasteiger charge is 2.29. The van der Waals surface area contributed by atoms with Crippen molar-refractivity contribution in [2.75, 3.05) is 18.0 Å². The van der Waals surface area contributed by atoms with Crippen LogP contribution in [-0.4, -0.2) is 46.5 Å². The van der Waals surface area contributed by atoms with E-state index in [0.717, 1.165) is 4.90 Å². The molecule has 1 amide bonds. The molecule has 0 aromatic heterocycles. The van der Waals surface area contributed by atoms with E-state index in [2.05, 4.69) is 5.32 Å². The van der Waals surface area contributed by atoms with Crippen LogP contribution in [0.5, 0.6) is 0 Å². The van der Waals surface area contributed by atoms with Gasteiger partial charge in [-0.25, -0.2) is 0 Å². The molecule has 0 radical (unpaired) electrons. The van der Waals surface area contributed by atoms with Gasteiger partial charge in [-0.15, -0.1) is 11.8 Å². The van der Waals surface area contributed by atoms with Gasteiger partial charge in [0.1, 0.15) is 6.54 Å². The monoisotopic (exact) mass is 310 g/mol. The minimum atomic E-state index is -1.10. The van der Waals surface area contributed by atoms with Crippen molar-refractivity contribution in [3.05, 3.63) is 24.3 Å². The Labute approximate surface area is 124 Å². The Morgan fingerprint density at radius 1 is 1.29 bits per heavy atom. The van der Waals surface area contributed by atoms with Gasteiger partial charge in [0.25, 0.3) is 0 Å². The summed E-state index contributed by atoms with van der Waals surface area (Å²) in [4.78, 5) is 35.7. The van der Waals surface area contributed by atoms with Gasteiger partial charge in [-0.2, -0.15) is 0 Å². The summed E-state index contributed by atoms with van der Waals surface area (Å²) in [5, 5.41) is 20.0. The van der Waals surface area contributed by atoms with Gasteiger partial charge in [-0.1, -0.05) is 12.1 Å². The molecule has 8 heteroatoms. The molecule has 3 N–H and O–H groups in total. The Morgan fingerprint density at radius 3 is 2.67 bits per heavy atom. The molecule has 1 aromatic carbocycles. The third-order valence-electron chi connectivity index (χ3n) is 2.86. The molecule has 1 aliphatic heterocycles. The number of carboxylic acids is 2. The number of fused-ring (bicyclic) bond motifs is 1. The molecule has 7 nitrogen and oxygen atoms in total. The maximum Gasteiger partial charge on any atom is 0.323 e. The summed E-state index contributed by atoms with van der Waals surface area (Å²) in [7, 11) is 0. The van der Waals surface area contributed by atoms with Crippen molar-refractivity contribution < 1.29 is 24.6 Å². The third kappa shape index (κ3) is 3.96. The molecule has 1 heterocycles. The van der Waals surface area contributed by atoms with Crippen LogP contribution >= 0.6 is 11.8 Å². The lowest BCUT2D eigenvalue weighted by atomic mass is 10.2. The molecule has 0 bridgehead atoms. The van der Waals surface area contributed by atoms with Gasteiger partial charge in [0, 0.05) is 4.90 Å². The van der Waals surface area contributed by atoms with Crippen LogP contribution in [-0.2, 0) is 14.4 Å². The molecule has 0 unspecified atom stereocenters. The number of amides is 1. The molecule has 21 heavy (non-hydrogen) atoms. The number of anilines is 1. The first-order chi connectivity index (χ1) is 9.97. The maximum absolute atomic E-state index is 12.2. The fourth-order valence-corrected chi connectivity index (χ4v) is 3.16. The van der Waals surface area contributed by atoms with Crippen LogP contribution in [0.25, 0.3) is 0 Å². The summed E-state index contributed by atoms with van der Waals surface area (Å²) in [5.41, 5.74) is 0.537. The van der Waals surface area contributed by atoms with Gasteiger partial charge < -0.3 is 10.2 Å². The van der Waals surface area contributed by atoms with Crippen LogP contribution in [0, 0.1) is 0 Å². The first-order valence-corrected chi connectivity index (χ1v) is 7.08. The van der Waals surface area contributed by atoms with E-state index in [9.17, 15) is 14.4 Å². The Bertz CT molecular complexity index is 577. The normalized spacial score (nSPS) is 18.0. The summed E-state index contributed by atoms with van der Waals surface area (Å²) in [6.07, 6.45) is 0.0277. The van der Waals surface area contributed by atoms with Crippen molar-refractivity contribution in [3.8, 4) is 0 Å². The van der Waals surface area contributed by atoms with Gasteiger partial charge in [-0.05, 0) is 12.1 Å². The predicted octanol–water partition coefficient (Wildman–Crippen LogP) is 0.600. The Morgan fingerprint density at radius 2 is 2.00 bits per heavy atom. The average Bonchev–Trinajstić information content (AvgIpc) is 2.54. The number of para-hydroxylation sites is 1. The minimum absolute atomic E-state index is 0.0277. The van der Waals surface area contributed by atoms with Gasteiger partial charge in [0.15, 0.2) is 0 Å². The van der Waals surface area contributed by atoms with E-state index in [1.54, 1.807) is 24.3 Å². The highest BCUT2D eigenvalue weighted by Crippen LogP contribution is 2.36. The van der Waals surface area contributed by atoms with Crippen molar-refractivity contribution in [1.82, 2.24) is 5.32 Å². The van der Waals surface area contributed by atoms with Gasteiger partial charge in [0.2, 0.25) is 5.91 Å². The number of hydrogen-bond acceptors (Lipinski definition) is 5. The standard InChI is InChI=1S/C13H14N2O5S/c16-11-5-10(14-6-12(17)18)21-9-4-2-1-3-8(9)15(11)7-13(19)20/h1-4,10,14H,5-7H2,(H,17,18)(H,19,20)/t10-/m1/s1. The summed E-state index contributed by atoms with van der Waals surface area (Å²) in [5.74, 6) is -2.46. The smallest absolute Gasteiger partial charge is 0.323 e. The van der Waals surface area contributed by atoms with E-state index in [-0.39, 0.29) is 18.9 Å². The van der Waals surface area contributed by atoms with Crippen molar-refractivity contribution in [1.29, 1.82) is 0 Å². The zero-order valence-electron chi connectivity index (χ0n) is 11.0. The fraction of sp³-hybridized carbons (Fsp3) is 0.308. The minimum Gasteiger partial charge on any atom is -0.480 e. The number of nitrogens with zero attached hydrogens (tertiary/aromatic N) is 1. The van der Waals surface area contributed by atoms with Crippen LogP contribution < -0.4 is 10.2 Å². The Hall–Kier alpha value is -2.06. The van der Waals surface area contributed by atoms with E-state index in [1.165, 1.54) is 16.7 Å².